The second-order valence-electron chi connectivity index (χ2n) is 4.71. The van der Waals surface area contributed by atoms with Gasteiger partial charge in [-0.05, 0) is 43.5 Å². The van der Waals surface area contributed by atoms with Gasteiger partial charge in [0, 0.05) is 17.3 Å². The third-order valence-corrected chi connectivity index (χ3v) is 3.28. The van der Waals surface area contributed by atoms with Crippen LogP contribution in [0.4, 0.5) is 5.69 Å². The van der Waals surface area contributed by atoms with Crippen molar-refractivity contribution in [2.45, 2.75) is 33.1 Å². The van der Waals surface area contributed by atoms with Crippen molar-refractivity contribution in [1.29, 1.82) is 0 Å². The van der Waals surface area contributed by atoms with Crippen LogP contribution in [-0.2, 0) is 6.42 Å². The molecule has 1 unspecified atom stereocenters. The number of aromatic nitrogens is 2. The number of hydrogen-bond acceptors (Lipinski definition) is 2. The summed E-state index contributed by atoms with van der Waals surface area (Å²) in [5.74, 6) is 0.420. The van der Waals surface area contributed by atoms with E-state index in [1.54, 1.807) is 0 Å². The summed E-state index contributed by atoms with van der Waals surface area (Å²) >= 11 is 0. The van der Waals surface area contributed by atoms with Crippen molar-refractivity contribution in [3.8, 4) is 0 Å². The molecule has 0 saturated carbocycles. The average Bonchev–Trinajstić information content (AvgIpc) is 2.63. The number of aromatic amines is 1. The Kier molecular flexibility index (Phi) is 3.18. The number of H-pyrrole nitrogens is 1. The molecule has 0 fully saturated rings. The second kappa shape index (κ2) is 4.62. The molecule has 0 radical (unpaired) electrons. The molecule has 3 N–H and O–H groups in total. The molecule has 0 saturated heterocycles. The molecule has 3 nitrogen and oxygen atoms in total. The second-order valence-corrected chi connectivity index (χ2v) is 4.71. The fraction of sp³-hybridized carbons (Fsp3) is 0.357. The fourth-order valence-electron chi connectivity index (χ4n) is 2.09. The molecule has 1 atom stereocenters. The topological polar surface area (TPSA) is 54.7 Å². The van der Waals surface area contributed by atoms with E-state index in [4.69, 9.17) is 5.73 Å². The van der Waals surface area contributed by atoms with E-state index < -0.39 is 0 Å². The Labute approximate surface area is 102 Å². The minimum absolute atomic E-state index is 0.420. The van der Waals surface area contributed by atoms with Gasteiger partial charge in [0.15, 0.2) is 0 Å². The van der Waals surface area contributed by atoms with Gasteiger partial charge in [-0.25, -0.2) is 0 Å². The van der Waals surface area contributed by atoms with E-state index in [9.17, 15) is 0 Å². The molecule has 0 aliphatic rings. The normalized spacial score (nSPS) is 12.6. The van der Waals surface area contributed by atoms with E-state index in [1.165, 1.54) is 16.8 Å². The van der Waals surface area contributed by atoms with Gasteiger partial charge in [0.2, 0.25) is 0 Å². The van der Waals surface area contributed by atoms with Gasteiger partial charge < -0.3 is 5.73 Å². The lowest BCUT2D eigenvalue weighted by Gasteiger charge is -2.10. The molecule has 1 aromatic heterocycles. The zero-order chi connectivity index (χ0) is 12.4. The Morgan fingerprint density at radius 2 is 1.88 bits per heavy atom. The lowest BCUT2D eigenvalue weighted by molar-refractivity contribution is 0.720. The van der Waals surface area contributed by atoms with Crippen LogP contribution < -0.4 is 5.73 Å². The first kappa shape index (κ1) is 11.7. The highest BCUT2D eigenvalue weighted by molar-refractivity contribution is 5.39. The summed E-state index contributed by atoms with van der Waals surface area (Å²) in [5.41, 5.74) is 11.4. The predicted octanol–water partition coefficient (Wildman–Crippen LogP) is 2.95. The Morgan fingerprint density at radius 3 is 2.41 bits per heavy atom. The van der Waals surface area contributed by atoms with Crippen LogP contribution in [0.15, 0.2) is 24.3 Å². The Bertz CT molecular complexity index is 497. The SMILES string of the molecule is Cc1[nH]nc(C(C)Cc2ccc(N)cc2)c1C. The number of hydrogen-bond donors (Lipinski definition) is 2. The lowest BCUT2D eigenvalue weighted by Crippen LogP contribution is -2.01. The van der Waals surface area contributed by atoms with Gasteiger partial charge in [0.1, 0.15) is 0 Å². The van der Waals surface area contributed by atoms with Crippen LogP contribution in [-0.4, -0.2) is 10.2 Å². The summed E-state index contributed by atoms with van der Waals surface area (Å²) in [6.45, 7) is 6.38. The maximum atomic E-state index is 5.68. The summed E-state index contributed by atoms with van der Waals surface area (Å²) < 4.78 is 0. The standard InChI is InChI=1S/C14H19N3/c1-9(14-10(2)11(3)16-17-14)8-12-4-6-13(15)7-5-12/h4-7,9H,8,15H2,1-3H3,(H,16,17). The molecule has 1 heterocycles. The van der Waals surface area contributed by atoms with Crippen LogP contribution in [0.1, 0.15) is 35.4 Å². The smallest absolute Gasteiger partial charge is 0.0685 e. The lowest BCUT2D eigenvalue weighted by atomic mass is 9.95. The zero-order valence-electron chi connectivity index (χ0n) is 10.6. The van der Waals surface area contributed by atoms with Gasteiger partial charge in [0.05, 0.1) is 5.69 Å². The molecular formula is C14H19N3. The van der Waals surface area contributed by atoms with E-state index in [2.05, 4.69) is 43.1 Å². The van der Waals surface area contributed by atoms with E-state index in [-0.39, 0.29) is 0 Å². The van der Waals surface area contributed by atoms with Crippen LogP contribution in [0.5, 0.6) is 0 Å². The van der Waals surface area contributed by atoms with Crippen molar-refractivity contribution in [3.05, 3.63) is 46.8 Å². The number of benzene rings is 1. The molecule has 0 bridgehead atoms. The highest BCUT2D eigenvalue weighted by atomic mass is 15.1. The molecule has 1 aromatic carbocycles. The van der Waals surface area contributed by atoms with Crippen molar-refractivity contribution in [2.75, 3.05) is 5.73 Å². The molecule has 17 heavy (non-hydrogen) atoms. The highest BCUT2D eigenvalue weighted by Crippen LogP contribution is 2.23. The molecule has 90 valence electrons. The molecule has 0 amide bonds. The first-order valence-corrected chi connectivity index (χ1v) is 5.94. The van der Waals surface area contributed by atoms with E-state index >= 15 is 0 Å². The molecular weight excluding hydrogens is 210 g/mol. The minimum Gasteiger partial charge on any atom is -0.399 e. The van der Waals surface area contributed by atoms with Crippen molar-refractivity contribution < 1.29 is 0 Å². The highest BCUT2D eigenvalue weighted by Gasteiger charge is 2.13. The largest absolute Gasteiger partial charge is 0.399 e. The number of nitrogens with one attached hydrogen (secondary N) is 1. The van der Waals surface area contributed by atoms with Crippen molar-refractivity contribution in [2.24, 2.45) is 0 Å². The Morgan fingerprint density at radius 1 is 1.24 bits per heavy atom. The van der Waals surface area contributed by atoms with Gasteiger partial charge in [-0.2, -0.15) is 5.10 Å². The van der Waals surface area contributed by atoms with Crippen molar-refractivity contribution in [3.63, 3.8) is 0 Å². The van der Waals surface area contributed by atoms with Crippen LogP contribution in [0.2, 0.25) is 0 Å². The maximum Gasteiger partial charge on any atom is 0.0685 e. The Balaban J connectivity index is 2.14. The molecule has 3 heteroatoms. The summed E-state index contributed by atoms with van der Waals surface area (Å²) in [6, 6.07) is 8.07. The molecule has 0 aliphatic heterocycles. The minimum atomic E-state index is 0.420. The quantitative estimate of drug-likeness (QED) is 0.795. The number of anilines is 1. The number of aryl methyl sites for hydroxylation is 1. The fourth-order valence-corrected chi connectivity index (χ4v) is 2.09. The van der Waals surface area contributed by atoms with Gasteiger partial charge in [0.25, 0.3) is 0 Å². The van der Waals surface area contributed by atoms with Crippen LogP contribution in [0.25, 0.3) is 0 Å². The molecule has 0 aliphatic carbocycles. The molecule has 2 aromatic rings. The van der Waals surface area contributed by atoms with E-state index in [0.717, 1.165) is 17.8 Å². The number of nitrogens with zero attached hydrogens (tertiary/aromatic N) is 1. The summed E-state index contributed by atoms with van der Waals surface area (Å²) in [6.07, 6.45) is 0.991. The van der Waals surface area contributed by atoms with Crippen LogP contribution in [0.3, 0.4) is 0 Å². The number of rotatable bonds is 3. The van der Waals surface area contributed by atoms with Crippen molar-refractivity contribution >= 4 is 5.69 Å². The van der Waals surface area contributed by atoms with Gasteiger partial charge in [-0.3, -0.25) is 5.10 Å². The van der Waals surface area contributed by atoms with Crippen LogP contribution >= 0.6 is 0 Å². The third-order valence-electron chi connectivity index (χ3n) is 3.28. The molecule has 2 rings (SSSR count). The van der Waals surface area contributed by atoms with E-state index in [0.29, 0.717) is 5.92 Å². The van der Waals surface area contributed by atoms with Gasteiger partial charge in [-0.1, -0.05) is 19.1 Å². The van der Waals surface area contributed by atoms with Gasteiger partial charge >= 0.3 is 0 Å². The number of nitrogens with two attached hydrogens (primary N) is 1. The average molecular weight is 229 g/mol. The van der Waals surface area contributed by atoms with Crippen molar-refractivity contribution in [1.82, 2.24) is 10.2 Å². The Hall–Kier alpha value is -1.77. The zero-order valence-corrected chi connectivity index (χ0v) is 10.6. The third kappa shape index (κ3) is 2.49. The van der Waals surface area contributed by atoms with E-state index in [1.807, 2.05) is 12.1 Å². The van der Waals surface area contributed by atoms with Gasteiger partial charge in [-0.15, -0.1) is 0 Å². The number of nitrogen functional groups attached to an aromatic ring is 1. The predicted molar refractivity (Wildman–Crippen MR) is 71.0 cm³/mol. The monoisotopic (exact) mass is 229 g/mol. The maximum absolute atomic E-state index is 5.68. The van der Waals surface area contributed by atoms with Crippen LogP contribution in [0, 0.1) is 13.8 Å². The molecule has 0 spiro atoms. The summed E-state index contributed by atoms with van der Waals surface area (Å²) in [7, 11) is 0. The first-order valence-electron chi connectivity index (χ1n) is 5.94. The summed E-state index contributed by atoms with van der Waals surface area (Å²) in [4.78, 5) is 0. The first-order chi connectivity index (χ1) is 8.08. The summed E-state index contributed by atoms with van der Waals surface area (Å²) in [5, 5.41) is 7.42.